The number of aliphatic hydroxyl groups is 1. The maximum Gasteiger partial charge on any atom is 0.426 e. The van der Waals surface area contributed by atoms with Crippen molar-refractivity contribution in [1.82, 2.24) is 25.1 Å². The third-order valence-electron chi connectivity index (χ3n) is 6.22. The van der Waals surface area contributed by atoms with Gasteiger partial charge in [-0.05, 0) is 43.9 Å². The van der Waals surface area contributed by atoms with E-state index in [1.165, 1.54) is 6.20 Å². The molecule has 204 valence electrons. The van der Waals surface area contributed by atoms with E-state index in [1.807, 2.05) is 0 Å². The van der Waals surface area contributed by atoms with Crippen LogP contribution in [-0.2, 0) is 18.3 Å². The molecule has 3 aromatic heterocycles. The van der Waals surface area contributed by atoms with Crippen molar-refractivity contribution in [1.29, 1.82) is 0 Å². The molecule has 0 aliphatic carbocycles. The molecule has 0 radical (unpaired) electrons. The fourth-order valence-electron chi connectivity index (χ4n) is 4.06. The Balaban J connectivity index is 1.89. The number of rotatable bonds is 2. The number of nitrogens with zero attached hydrogens (tertiary/aromatic N) is 5. The van der Waals surface area contributed by atoms with E-state index in [0.29, 0.717) is 17.3 Å². The Labute approximate surface area is 211 Å². The maximum absolute atomic E-state index is 13.9. The average Bonchev–Trinajstić information content (AvgIpc) is 3.32. The Bertz CT molecular complexity index is 1340. The molecule has 1 aliphatic heterocycles. The number of amides is 1. The van der Waals surface area contributed by atoms with E-state index in [0.717, 1.165) is 4.90 Å². The van der Waals surface area contributed by atoms with Gasteiger partial charge in [0.2, 0.25) is 5.60 Å². The molecule has 3 aromatic rings. The molecule has 4 bridgehead atoms. The van der Waals surface area contributed by atoms with E-state index in [4.69, 9.17) is 10.2 Å². The number of nitrogen functional groups attached to an aromatic ring is 1. The van der Waals surface area contributed by atoms with Crippen LogP contribution in [0.2, 0.25) is 0 Å². The summed E-state index contributed by atoms with van der Waals surface area (Å²) in [5.74, 6) is -3.09. The quantitative estimate of drug-likeness (QED) is 0.454. The largest absolute Gasteiger partial charge is 0.426 e. The minimum atomic E-state index is -5.20. The minimum absolute atomic E-state index is 0.0942. The summed E-state index contributed by atoms with van der Waals surface area (Å²) in [6, 6.07) is 3.80. The summed E-state index contributed by atoms with van der Waals surface area (Å²) in [4.78, 5) is 22.6. The van der Waals surface area contributed by atoms with Crippen LogP contribution in [0.1, 0.15) is 58.9 Å². The topological polar surface area (TPSA) is 131 Å². The summed E-state index contributed by atoms with van der Waals surface area (Å²) >= 11 is 0. The molecule has 0 saturated carbocycles. The lowest BCUT2D eigenvalue weighted by molar-refractivity contribution is -0.277. The van der Waals surface area contributed by atoms with Crippen molar-refractivity contribution in [3.63, 3.8) is 0 Å². The van der Waals surface area contributed by atoms with E-state index < -0.39 is 64.7 Å². The van der Waals surface area contributed by atoms with E-state index in [-0.39, 0.29) is 32.4 Å². The Morgan fingerprint density at radius 3 is 2.53 bits per heavy atom. The molecular weight excluding hydrogens is 522 g/mol. The van der Waals surface area contributed by atoms with E-state index in [1.54, 1.807) is 19.1 Å². The van der Waals surface area contributed by atoms with E-state index in [9.17, 15) is 36.2 Å². The van der Waals surface area contributed by atoms with Crippen molar-refractivity contribution in [3.8, 4) is 11.6 Å². The molecule has 0 spiro atoms. The smallest absolute Gasteiger partial charge is 0.416 e. The van der Waals surface area contributed by atoms with Gasteiger partial charge in [0, 0.05) is 12.7 Å². The minimum Gasteiger partial charge on any atom is -0.416 e. The summed E-state index contributed by atoms with van der Waals surface area (Å²) in [6.45, 7) is 1.42. The first kappa shape index (κ1) is 27.3. The predicted octanol–water partition coefficient (Wildman–Crippen LogP) is 4.40. The van der Waals surface area contributed by atoms with E-state index in [2.05, 4.69) is 20.2 Å². The lowest BCUT2D eigenvalue weighted by atomic mass is 9.95. The normalized spacial score (nSPS) is 19.4. The maximum atomic E-state index is 13.9. The lowest BCUT2D eigenvalue weighted by Gasteiger charge is -2.27. The summed E-state index contributed by atoms with van der Waals surface area (Å²) in [6.07, 6.45) is -9.57. The van der Waals surface area contributed by atoms with Gasteiger partial charge in [0.25, 0.3) is 17.7 Å². The number of carbonyl (C=O) groups excluding carboxylic acids is 1. The Morgan fingerprint density at radius 1 is 1.13 bits per heavy atom. The fourth-order valence-corrected chi connectivity index (χ4v) is 4.06. The zero-order valence-electron chi connectivity index (χ0n) is 19.9. The SMILES string of the molecule is Cc1cccnc1CN1CCCCC[C@](O)(C(F)(F)F)c2nnc(o2)-c2nc(c(C(F)(F)F)cc2N)C1=O. The molecule has 1 amide bonds. The Morgan fingerprint density at radius 2 is 1.87 bits per heavy atom. The number of alkyl halides is 6. The van der Waals surface area contributed by atoms with Gasteiger partial charge in [0.05, 0.1) is 23.5 Å². The molecule has 4 rings (SSSR count). The standard InChI is InChI=1S/C23H22F6N6O3/c1-12-6-5-8-31-15(12)11-35-9-4-2-3-7-21(37,23(27,28)29)20-34-33-18(38-20)17-14(30)10-13(22(24,25)26)16(32-17)19(35)36/h5-6,8,10,37H,2-4,7,9,11,30H2,1H3/t21-/m1/s1. The number of anilines is 1. The van der Waals surface area contributed by atoms with Crippen molar-refractivity contribution in [2.75, 3.05) is 12.3 Å². The molecule has 0 aromatic carbocycles. The third kappa shape index (κ3) is 5.14. The molecule has 1 atom stereocenters. The molecule has 0 unspecified atom stereocenters. The Hall–Kier alpha value is -3.75. The second-order valence-corrected chi connectivity index (χ2v) is 8.89. The van der Waals surface area contributed by atoms with Gasteiger partial charge in [0.15, 0.2) is 5.69 Å². The van der Waals surface area contributed by atoms with Gasteiger partial charge in [-0.3, -0.25) is 9.78 Å². The van der Waals surface area contributed by atoms with Crippen LogP contribution in [0.25, 0.3) is 11.6 Å². The van der Waals surface area contributed by atoms with Crippen LogP contribution in [0.15, 0.2) is 28.8 Å². The van der Waals surface area contributed by atoms with E-state index >= 15 is 0 Å². The highest BCUT2D eigenvalue weighted by molar-refractivity contribution is 5.95. The number of aromatic nitrogens is 4. The van der Waals surface area contributed by atoms with Crippen molar-refractivity contribution >= 4 is 11.6 Å². The summed E-state index contributed by atoms with van der Waals surface area (Å²) in [7, 11) is 0. The Kier molecular flexibility index (Phi) is 7.07. The van der Waals surface area contributed by atoms with Crippen LogP contribution in [0.5, 0.6) is 0 Å². The monoisotopic (exact) mass is 544 g/mol. The predicted molar refractivity (Wildman–Crippen MR) is 119 cm³/mol. The highest BCUT2D eigenvalue weighted by atomic mass is 19.4. The average molecular weight is 544 g/mol. The van der Waals surface area contributed by atoms with Gasteiger partial charge in [-0.2, -0.15) is 26.3 Å². The number of carbonyl (C=O) groups is 1. The number of aryl methyl sites for hydroxylation is 1. The number of hydrogen-bond donors (Lipinski definition) is 2. The fraction of sp³-hybridized carbons (Fsp3) is 0.435. The lowest BCUT2D eigenvalue weighted by Crippen LogP contribution is -2.42. The summed E-state index contributed by atoms with van der Waals surface area (Å²) < 4.78 is 88.4. The van der Waals surface area contributed by atoms with Crippen molar-refractivity contribution < 1.29 is 40.7 Å². The molecule has 0 fully saturated rings. The van der Waals surface area contributed by atoms with Crippen molar-refractivity contribution in [3.05, 3.63) is 52.8 Å². The summed E-state index contributed by atoms with van der Waals surface area (Å²) in [5.41, 5.74) is -0.460. The molecule has 4 heterocycles. The molecule has 9 nitrogen and oxygen atoms in total. The number of nitrogens with two attached hydrogens (primary N) is 1. The first-order valence-electron chi connectivity index (χ1n) is 11.4. The molecular formula is C23H22F6N6O3. The van der Waals surface area contributed by atoms with Crippen LogP contribution in [0, 0.1) is 6.92 Å². The van der Waals surface area contributed by atoms with Crippen molar-refractivity contribution in [2.24, 2.45) is 0 Å². The first-order valence-corrected chi connectivity index (χ1v) is 11.4. The highest BCUT2D eigenvalue weighted by Crippen LogP contribution is 2.43. The summed E-state index contributed by atoms with van der Waals surface area (Å²) in [5, 5.41) is 17.2. The van der Waals surface area contributed by atoms with Crippen LogP contribution < -0.4 is 5.73 Å². The zero-order chi connectivity index (χ0) is 27.9. The van der Waals surface area contributed by atoms with Gasteiger partial charge in [-0.25, -0.2) is 4.98 Å². The number of halogens is 6. The number of pyridine rings is 2. The van der Waals surface area contributed by atoms with Gasteiger partial charge in [0.1, 0.15) is 5.69 Å². The van der Waals surface area contributed by atoms with Crippen LogP contribution in [0.4, 0.5) is 32.0 Å². The third-order valence-corrected chi connectivity index (χ3v) is 6.22. The van der Waals surface area contributed by atoms with Gasteiger partial charge >= 0.3 is 12.4 Å². The first-order chi connectivity index (χ1) is 17.7. The molecule has 3 N–H and O–H groups in total. The zero-order valence-corrected chi connectivity index (χ0v) is 19.9. The van der Waals surface area contributed by atoms with Gasteiger partial charge in [-0.1, -0.05) is 12.5 Å². The molecule has 0 saturated heterocycles. The van der Waals surface area contributed by atoms with Crippen LogP contribution in [0.3, 0.4) is 0 Å². The van der Waals surface area contributed by atoms with Crippen LogP contribution in [-0.4, -0.2) is 48.8 Å². The van der Waals surface area contributed by atoms with Gasteiger partial charge < -0.3 is 20.2 Å². The molecule has 15 heteroatoms. The number of hydrogen-bond acceptors (Lipinski definition) is 8. The number of fused-ring (bicyclic) bond motifs is 5. The van der Waals surface area contributed by atoms with Gasteiger partial charge in [-0.15, -0.1) is 10.2 Å². The molecule has 1 aliphatic rings. The van der Waals surface area contributed by atoms with Crippen molar-refractivity contribution in [2.45, 2.75) is 57.1 Å². The molecule has 38 heavy (non-hydrogen) atoms. The second-order valence-electron chi connectivity index (χ2n) is 8.89. The second kappa shape index (κ2) is 9.85. The highest BCUT2D eigenvalue weighted by Gasteiger charge is 2.58. The van der Waals surface area contributed by atoms with Crippen LogP contribution >= 0.6 is 0 Å².